The van der Waals surface area contributed by atoms with Crippen LogP contribution >= 0.6 is 11.6 Å². The summed E-state index contributed by atoms with van der Waals surface area (Å²) in [6, 6.07) is 2.83. The van der Waals surface area contributed by atoms with Crippen molar-refractivity contribution < 1.29 is 14.3 Å². The van der Waals surface area contributed by atoms with Crippen molar-refractivity contribution >= 4 is 28.6 Å². The Morgan fingerprint density at radius 1 is 1.52 bits per heavy atom. The Hall–Kier alpha value is -2.94. The summed E-state index contributed by atoms with van der Waals surface area (Å²) in [5.74, 6) is -0.267. The third kappa shape index (κ3) is 3.05. The van der Waals surface area contributed by atoms with E-state index in [2.05, 4.69) is 20.5 Å². The molecule has 3 aromatic rings. The second-order valence-electron chi connectivity index (χ2n) is 5.25. The van der Waals surface area contributed by atoms with E-state index < -0.39 is 23.5 Å². The van der Waals surface area contributed by atoms with Crippen LogP contribution in [0.25, 0.3) is 16.7 Å². The largest absolute Gasteiger partial charge is 0.465 e. The fourth-order valence-electron chi connectivity index (χ4n) is 2.57. The van der Waals surface area contributed by atoms with Crippen molar-refractivity contribution in [1.29, 1.82) is 0 Å². The van der Waals surface area contributed by atoms with Crippen LogP contribution < -0.4 is 10.9 Å². The number of carbonyl (C=O) groups is 1. The van der Waals surface area contributed by atoms with Crippen LogP contribution in [0.1, 0.15) is 25.2 Å². The van der Waals surface area contributed by atoms with Crippen LogP contribution in [0.4, 0.5) is 9.18 Å². The smallest absolute Gasteiger partial charge is 0.405 e. The van der Waals surface area contributed by atoms with Gasteiger partial charge in [-0.2, -0.15) is 5.10 Å². The third-order valence-electron chi connectivity index (χ3n) is 3.66. The lowest BCUT2D eigenvalue weighted by Crippen LogP contribution is -2.33. The predicted octanol–water partition coefficient (Wildman–Crippen LogP) is 2.62. The molecule has 1 aromatic carbocycles. The molecule has 0 spiro atoms. The highest BCUT2D eigenvalue weighted by Gasteiger charge is 2.23. The summed E-state index contributed by atoms with van der Waals surface area (Å²) in [4.78, 5) is 28.4. The summed E-state index contributed by atoms with van der Waals surface area (Å²) in [5, 5.41) is 17.7. The van der Waals surface area contributed by atoms with E-state index in [4.69, 9.17) is 16.7 Å². The fourth-order valence-corrected chi connectivity index (χ4v) is 2.82. The van der Waals surface area contributed by atoms with Crippen molar-refractivity contribution in [2.45, 2.75) is 19.4 Å². The highest BCUT2D eigenvalue weighted by Crippen LogP contribution is 2.25. The second kappa shape index (κ2) is 6.52. The Morgan fingerprint density at radius 3 is 2.88 bits per heavy atom. The maximum Gasteiger partial charge on any atom is 0.405 e. The number of nitrogens with one attached hydrogen (secondary N) is 2. The van der Waals surface area contributed by atoms with E-state index >= 15 is 0 Å². The third-order valence-corrected chi connectivity index (χ3v) is 3.95. The zero-order valence-corrected chi connectivity index (χ0v) is 13.7. The number of rotatable bonds is 4. The molecule has 1 unspecified atom stereocenters. The molecule has 130 valence electrons. The number of H-pyrrole nitrogens is 1. The number of amides is 1. The highest BCUT2D eigenvalue weighted by atomic mass is 35.5. The molecule has 0 aliphatic heterocycles. The van der Waals surface area contributed by atoms with E-state index in [0.29, 0.717) is 6.42 Å². The lowest BCUT2D eigenvalue weighted by molar-refractivity contribution is 0.188. The molecule has 0 bridgehead atoms. The van der Waals surface area contributed by atoms with Crippen molar-refractivity contribution in [2.24, 2.45) is 0 Å². The first-order valence-electron chi connectivity index (χ1n) is 7.33. The van der Waals surface area contributed by atoms with Crippen molar-refractivity contribution in [2.75, 3.05) is 0 Å². The standard InChI is InChI=1S/C15H13ClFN5O3/c1-2-10(19-15(24)25)13-20-12-8(5-7(17)6-9(12)16)14(23)22(13)11-3-4-18-21-11/h3-6,10,19H,2H2,1H3,(H,18,21)(H,24,25). The van der Waals surface area contributed by atoms with Gasteiger partial charge in [0, 0.05) is 6.07 Å². The lowest BCUT2D eigenvalue weighted by atomic mass is 10.1. The summed E-state index contributed by atoms with van der Waals surface area (Å²) in [6.45, 7) is 1.74. The number of aromatic nitrogens is 4. The molecule has 1 amide bonds. The topological polar surface area (TPSA) is 113 Å². The number of hydrogen-bond acceptors (Lipinski definition) is 4. The molecule has 2 heterocycles. The number of carboxylic acid groups (broad SMARTS) is 1. The summed E-state index contributed by atoms with van der Waals surface area (Å²) in [6.07, 6.45) is 0.499. The summed E-state index contributed by atoms with van der Waals surface area (Å²) < 4.78 is 14.8. The number of aromatic amines is 1. The fraction of sp³-hybridized carbons (Fsp3) is 0.200. The molecule has 0 saturated carbocycles. The molecule has 0 aliphatic carbocycles. The summed E-state index contributed by atoms with van der Waals surface area (Å²) in [7, 11) is 0. The first-order chi connectivity index (χ1) is 11.9. The number of nitrogens with zero attached hydrogens (tertiary/aromatic N) is 3. The Morgan fingerprint density at radius 2 is 2.28 bits per heavy atom. The van der Waals surface area contributed by atoms with Gasteiger partial charge in [0.2, 0.25) is 0 Å². The molecule has 0 saturated heterocycles. The molecule has 2 aromatic heterocycles. The van der Waals surface area contributed by atoms with Gasteiger partial charge in [-0.1, -0.05) is 18.5 Å². The average Bonchev–Trinajstić information content (AvgIpc) is 3.07. The molecule has 3 rings (SSSR count). The molecule has 25 heavy (non-hydrogen) atoms. The van der Waals surface area contributed by atoms with Crippen LogP contribution in [0.15, 0.2) is 29.2 Å². The van der Waals surface area contributed by atoms with Gasteiger partial charge in [0.05, 0.1) is 28.2 Å². The SMILES string of the molecule is CCC(NC(=O)O)c1nc2c(Cl)cc(F)cc2c(=O)n1-c1ccn[nH]1. The van der Waals surface area contributed by atoms with Gasteiger partial charge in [-0.15, -0.1) is 0 Å². The van der Waals surface area contributed by atoms with E-state index in [1.165, 1.54) is 12.3 Å². The van der Waals surface area contributed by atoms with Gasteiger partial charge >= 0.3 is 6.09 Å². The van der Waals surface area contributed by atoms with Crippen molar-refractivity contribution in [3.05, 3.63) is 51.4 Å². The predicted molar refractivity (Wildman–Crippen MR) is 88.6 cm³/mol. The number of hydrogen-bond donors (Lipinski definition) is 3. The maximum atomic E-state index is 13.7. The van der Waals surface area contributed by atoms with Gasteiger partial charge in [0.25, 0.3) is 5.56 Å². The van der Waals surface area contributed by atoms with Crippen LogP contribution in [0.3, 0.4) is 0 Å². The number of benzene rings is 1. The van der Waals surface area contributed by atoms with Crippen LogP contribution in [0, 0.1) is 5.82 Å². The molecule has 1 atom stereocenters. The maximum absolute atomic E-state index is 13.7. The zero-order chi connectivity index (χ0) is 18.1. The molecule has 10 heteroatoms. The zero-order valence-electron chi connectivity index (χ0n) is 13.0. The van der Waals surface area contributed by atoms with E-state index in [0.717, 1.165) is 16.7 Å². The second-order valence-corrected chi connectivity index (χ2v) is 5.65. The van der Waals surface area contributed by atoms with E-state index in [-0.39, 0.29) is 27.6 Å². The summed E-state index contributed by atoms with van der Waals surface area (Å²) in [5.41, 5.74) is -0.485. The minimum absolute atomic E-state index is 0.0199. The lowest BCUT2D eigenvalue weighted by Gasteiger charge is -2.19. The highest BCUT2D eigenvalue weighted by molar-refractivity contribution is 6.35. The molecule has 0 aliphatic rings. The van der Waals surface area contributed by atoms with E-state index in [1.54, 1.807) is 6.92 Å². The van der Waals surface area contributed by atoms with Crippen molar-refractivity contribution in [3.8, 4) is 5.82 Å². The Kier molecular flexibility index (Phi) is 4.41. The van der Waals surface area contributed by atoms with Gasteiger partial charge < -0.3 is 10.4 Å². The van der Waals surface area contributed by atoms with Gasteiger partial charge in [-0.05, 0) is 18.6 Å². The minimum atomic E-state index is -1.26. The van der Waals surface area contributed by atoms with E-state index in [9.17, 15) is 14.0 Å². The Bertz CT molecular complexity index is 1000. The van der Waals surface area contributed by atoms with Crippen LogP contribution in [0.2, 0.25) is 5.02 Å². The van der Waals surface area contributed by atoms with Gasteiger partial charge in [-0.3, -0.25) is 9.89 Å². The van der Waals surface area contributed by atoms with Crippen LogP contribution in [-0.2, 0) is 0 Å². The minimum Gasteiger partial charge on any atom is -0.465 e. The number of fused-ring (bicyclic) bond motifs is 1. The average molecular weight is 366 g/mol. The Balaban J connectivity index is 2.39. The molecular weight excluding hydrogens is 353 g/mol. The Labute approximate surface area is 145 Å². The molecule has 0 fully saturated rings. The van der Waals surface area contributed by atoms with Gasteiger partial charge in [0.15, 0.2) is 0 Å². The number of halogens is 2. The first kappa shape index (κ1) is 16.9. The molecule has 0 radical (unpaired) electrons. The van der Waals surface area contributed by atoms with Crippen LogP contribution in [-0.4, -0.2) is 30.9 Å². The summed E-state index contributed by atoms with van der Waals surface area (Å²) >= 11 is 6.03. The monoisotopic (exact) mass is 365 g/mol. The van der Waals surface area contributed by atoms with E-state index in [1.807, 2.05) is 0 Å². The van der Waals surface area contributed by atoms with Crippen LogP contribution in [0.5, 0.6) is 0 Å². The first-order valence-corrected chi connectivity index (χ1v) is 7.71. The molecular formula is C15H13ClFN5O3. The van der Waals surface area contributed by atoms with Gasteiger partial charge in [-0.25, -0.2) is 18.7 Å². The van der Waals surface area contributed by atoms with Gasteiger partial charge in [0.1, 0.15) is 17.5 Å². The quantitative estimate of drug-likeness (QED) is 0.657. The van der Waals surface area contributed by atoms with Crippen molar-refractivity contribution in [3.63, 3.8) is 0 Å². The molecule has 3 N–H and O–H groups in total. The molecule has 8 nitrogen and oxygen atoms in total. The van der Waals surface area contributed by atoms with Crippen molar-refractivity contribution in [1.82, 2.24) is 25.1 Å². The normalized spacial score (nSPS) is 12.3.